The quantitative estimate of drug-likeness (QED) is 0.746. The van der Waals surface area contributed by atoms with E-state index in [-0.39, 0.29) is 5.58 Å². The van der Waals surface area contributed by atoms with Gasteiger partial charge in [-0.05, 0) is 45.8 Å². The molecular formula is C15H10BrF2NO. The summed E-state index contributed by atoms with van der Waals surface area (Å²) >= 11 is 3.08. The first-order chi connectivity index (χ1) is 9.56. The lowest BCUT2D eigenvalue weighted by Crippen LogP contribution is -2.11. The van der Waals surface area contributed by atoms with Gasteiger partial charge in [0.15, 0.2) is 11.4 Å². The Bertz CT molecular complexity index is 785. The van der Waals surface area contributed by atoms with Gasteiger partial charge < -0.3 is 10.2 Å². The molecule has 102 valence electrons. The maximum Gasteiger partial charge on any atom is 0.169 e. The lowest BCUT2D eigenvalue weighted by Gasteiger charge is -2.09. The molecule has 0 saturated carbocycles. The molecule has 2 N–H and O–H groups in total. The van der Waals surface area contributed by atoms with Gasteiger partial charge in [0.2, 0.25) is 0 Å². The zero-order valence-electron chi connectivity index (χ0n) is 10.2. The van der Waals surface area contributed by atoms with Crippen molar-refractivity contribution in [1.82, 2.24) is 0 Å². The van der Waals surface area contributed by atoms with Gasteiger partial charge in [-0.15, -0.1) is 0 Å². The Morgan fingerprint density at radius 1 is 1.05 bits per heavy atom. The third-order valence-corrected chi connectivity index (χ3v) is 3.77. The molecular weight excluding hydrogens is 328 g/mol. The van der Waals surface area contributed by atoms with Crippen LogP contribution in [0.2, 0.25) is 0 Å². The summed E-state index contributed by atoms with van der Waals surface area (Å²) in [4.78, 5) is 0. The predicted octanol–water partition coefficient (Wildman–Crippen LogP) is 4.52. The van der Waals surface area contributed by atoms with Gasteiger partial charge in [-0.3, -0.25) is 0 Å². The van der Waals surface area contributed by atoms with Crippen molar-refractivity contribution >= 4 is 26.9 Å². The first-order valence-corrected chi connectivity index (χ1v) is 6.74. The first kappa shape index (κ1) is 13.3. The molecule has 3 rings (SSSR count). The average Bonchev–Trinajstić information content (AvgIpc) is 2.86. The van der Waals surface area contributed by atoms with Crippen molar-refractivity contribution in [2.75, 3.05) is 0 Å². The van der Waals surface area contributed by atoms with E-state index < -0.39 is 17.7 Å². The minimum atomic E-state index is -0.649. The van der Waals surface area contributed by atoms with Gasteiger partial charge in [0.1, 0.15) is 11.6 Å². The van der Waals surface area contributed by atoms with Crippen molar-refractivity contribution in [2.45, 2.75) is 6.04 Å². The van der Waals surface area contributed by atoms with Gasteiger partial charge in [0.25, 0.3) is 0 Å². The van der Waals surface area contributed by atoms with Crippen LogP contribution in [0.15, 0.2) is 51.4 Å². The van der Waals surface area contributed by atoms with Gasteiger partial charge in [0, 0.05) is 5.39 Å². The predicted molar refractivity (Wildman–Crippen MR) is 76.3 cm³/mol. The molecule has 2 aromatic carbocycles. The maximum absolute atomic E-state index is 13.6. The summed E-state index contributed by atoms with van der Waals surface area (Å²) in [5.74, 6) is -0.449. The molecule has 0 aliphatic rings. The van der Waals surface area contributed by atoms with Gasteiger partial charge in [-0.1, -0.05) is 18.2 Å². The normalized spacial score (nSPS) is 12.8. The zero-order valence-corrected chi connectivity index (χ0v) is 11.8. The van der Waals surface area contributed by atoms with E-state index in [4.69, 9.17) is 10.2 Å². The Labute approximate surface area is 122 Å². The Morgan fingerprint density at radius 3 is 2.55 bits per heavy atom. The molecule has 0 bridgehead atoms. The van der Waals surface area contributed by atoms with Crippen molar-refractivity contribution in [1.29, 1.82) is 0 Å². The molecule has 2 nitrogen and oxygen atoms in total. The maximum atomic E-state index is 13.6. The molecule has 3 aromatic rings. The highest BCUT2D eigenvalue weighted by molar-refractivity contribution is 9.10. The van der Waals surface area contributed by atoms with Crippen LogP contribution in [0.5, 0.6) is 0 Å². The van der Waals surface area contributed by atoms with E-state index >= 15 is 0 Å². The molecule has 0 spiro atoms. The summed E-state index contributed by atoms with van der Waals surface area (Å²) in [6.45, 7) is 0. The fraction of sp³-hybridized carbons (Fsp3) is 0.0667. The van der Waals surface area contributed by atoms with E-state index in [2.05, 4.69) is 15.9 Å². The lowest BCUT2D eigenvalue weighted by atomic mass is 10.1. The van der Waals surface area contributed by atoms with Crippen LogP contribution in [0.3, 0.4) is 0 Å². The lowest BCUT2D eigenvalue weighted by molar-refractivity contribution is 0.501. The van der Waals surface area contributed by atoms with Crippen molar-refractivity contribution in [3.8, 4) is 0 Å². The smallest absolute Gasteiger partial charge is 0.169 e. The molecule has 0 aliphatic carbocycles. The molecule has 0 amide bonds. The summed E-state index contributed by atoms with van der Waals surface area (Å²) in [6.07, 6.45) is 0. The minimum Gasteiger partial charge on any atom is -0.456 e. The van der Waals surface area contributed by atoms with Crippen molar-refractivity contribution < 1.29 is 13.2 Å². The van der Waals surface area contributed by atoms with Crippen LogP contribution in [0, 0.1) is 11.6 Å². The van der Waals surface area contributed by atoms with Gasteiger partial charge in [-0.25, -0.2) is 8.78 Å². The van der Waals surface area contributed by atoms with E-state index in [0.29, 0.717) is 21.2 Å². The Hall–Kier alpha value is -1.72. The van der Waals surface area contributed by atoms with Crippen molar-refractivity contribution in [3.63, 3.8) is 0 Å². The van der Waals surface area contributed by atoms with Gasteiger partial charge in [-0.2, -0.15) is 0 Å². The standard InChI is InChI=1S/C15H10BrF2NO/c16-10-5-4-8(6-12(10)18)14(19)13-7-9-2-1-3-11(17)15(9)20-13/h1-7,14H,19H2. The Balaban J connectivity index is 2.05. The number of nitrogens with two attached hydrogens (primary N) is 1. The third-order valence-electron chi connectivity index (χ3n) is 3.12. The molecule has 0 saturated heterocycles. The highest BCUT2D eigenvalue weighted by atomic mass is 79.9. The zero-order chi connectivity index (χ0) is 14.3. The Kier molecular flexibility index (Phi) is 3.31. The number of benzene rings is 2. The first-order valence-electron chi connectivity index (χ1n) is 5.95. The summed E-state index contributed by atoms with van der Waals surface area (Å²) in [7, 11) is 0. The van der Waals surface area contributed by atoms with Crippen LogP contribution in [-0.4, -0.2) is 0 Å². The second-order valence-corrected chi connectivity index (χ2v) is 5.31. The second-order valence-electron chi connectivity index (χ2n) is 4.46. The van der Waals surface area contributed by atoms with Crippen LogP contribution in [-0.2, 0) is 0 Å². The van der Waals surface area contributed by atoms with E-state index in [1.54, 1.807) is 30.3 Å². The number of halogens is 3. The second kappa shape index (κ2) is 5.00. The number of furan rings is 1. The van der Waals surface area contributed by atoms with E-state index in [9.17, 15) is 8.78 Å². The molecule has 5 heteroatoms. The average molecular weight is 338 g/mol. The van der Waals surface area contributed by atoms with Crippen molar-refractivity contribution in [3.05, 3.63) is 69.9 Å². The Morgan fingerprint density at radius 2 is 1.85 bits per heavy atom. The largest absolute Gasteiger partial charge is 0.456 e. The topological polar surface area (TPSA) is 39.2 Å². The molecule has 0 aliphatic heterocycles. The SMILES string of the molecule is NC(c1ccc(Br)c(F)c1)c1cc2cccc(F)c2o1. The van der Waals surface area contributed by atoms with Crippen LogP contribution in [0.1, 0.15) is 17.4 Å². The fourth-order valence-corrected chi connectivity index (χ4v) is 2.32. The van der Waals surface area contributed by atoms with Crippen molar-refractivity contribution in [2.24, 2.45) is 5.73 Å². The third kappa shape index (κ3) is 2.23. The molecule has 1 aromatic heterocycles. The molecule has 20 heavy (non-hydrogen) atoms. The van der Waals surface area contributed by atoms with Gasteiger partial charge in [0.05, 0.1) is 10.5 Å². The molecule has 1 heterocycles. The molecule has 1 atom stereocenters. The van der Waals surface area contributed by atoms with Crippen LogP contribution < -0.4 is 5.73 Å². The van der Waals surface area contributed by atoms with Crippen LogP contribution >= 0.6 is 15.9 Å². The summed E-state index contributed by atoms with van der Waals surface area (Å²) < 4.78 is 32.9. The van der Waals surface area contributed by atoms with Crippen LogP contribution in [0.4, 0.5) is 8.78 Å². The highest BCUT2D eigenvalue weighted by Gasteiger charge is 2.17. The van der Waals surface area contributed by atoms with Crippen LogP contribution in [0.25, 0.3) is 11.0 Å². The van der Waals surface area contributed by atoms with E-state index in [1.807, 2.05) is 0 Å². The molecule has 0 radical (unpaired) electrons. The fourth-order valence-electron chi connectivity index (χ4n) is 2.07. The molecule has 0 fully saturated rings. The minimum absolute atomic E-state index is 0.163. The summed E-state index contributed by atoms with van der Waals surface area (Å²) in [5, 5.41) is 0.632. The summed E-state index contributed by atoms with van der Waals surface area (Å²) in [6, 6.07) is 10.3. The monoisotopic (exact) mass is 337 g/mol. The number of fused-ring (bicyclic) bond motifs is 1. The number of rotatable bonds is 2. The summed E-state index contributed by atoms with van der Waals surface area (Å²) in [5.41, 5.74) is 6.77. The van der Waals surface area contributed by atoms with E-state index in [0.717, 1.165) is 0 Å². The van der Waals surface area contributed by atoms with E-state index in [1.165, 1.54) is 12.1 Å². The number of hydrogen-bond acceptors (Lipinski definition) is 2. The highest BCUT2D eigenvalue weighted by Crippen LogP contribution is 2.29. The van der Waals surface area contributed by atoms with Gasteiger partial charge >= 0.3 is 0 Å². The number of hydrogen-bond donors (Lipinski definition) is 1. The number of para-hydroxylation sites is 1. The molecule has 1 unspecified atom stereocenters.